The molecule has 1 saturated carbocycles. The summed E-state index contributed by atoms with van der Waals surface area (Å²) in [4.78, 5) is 30.1. The smallest absolute Gasteiger partial charge is 0.264 e. The zero-order valence-electron chi connectivity index (χ0n) is 26.7. The van der Waals surface area contributed by atoms with Gasteiger partial charge in [0.25, 0.3) is 10.0 Å². The van der Waals surface area contributed by atoms with Crippen molar-refractivity contribution in [3.05, 3.63) is 132 Å². The Balaban J connectivity index is 1.56. The molecule has 0 aliphatic heterocycles. The number of nitrogens with one attached hydrogen (secondary N) is 1. The number of hydrogen-bond acceptors (Lipinski definition) is 4. The van der Waals surface area contributed by atoms with Crippen LogP contribution in [-0.4, -0.2) is 43.8 Å². The van der Waals surface area contributed by atoms with Crippen molar-refractivity contribution in [1.82, 2.24) is 10.2 Å². The lowest BCUT2D eigenvalue weighted by molar-refractivity contribution is -0.140. The fourth-order valence-corrected chi connectivity index (χ4v) is 7.49. The number of halogens is 1. The summed E-state index contributed by atoms with van der Waals surface area (Å²) in [5, 5.41) is 3.17. The van der Waals surface area contributed by atoms with Crippen molar-refractivity contribution < 1.29 is 22.4 Å². The minimum Gasteiger partial charge on any atom is -0.352 e. The van der Waals surface area contributed by atoms with Crippen molar-refractivity contribution in [3.63, 3.8) is 0 Å². The molecule has 246 valence electrons. The van der Waals surface area contributed by atoms with Gasteiger partial charge >= 0.3 is 0 Å². The van der Waals surface area contributed by atoms with Gasteiger partial charge in [-0.3, -0.25) is 13.9 Å². The summed E-state index contributed by atoms with van der Waals surface area (Å²) in [7, 11) is -4.20. The average molecular weight is 656 g/mol. The molecule has 0 radical (unpaired) electrons. The number of carbonyl (C=O) groups is 2. The Morgan fingerprint density at radius 2 is 1.43 bits per heavy atom. The minimum absolute atomic E-state index is 0.0213. The van der Waals surface area contributed by atoms with Crippen molar-refractivity contribution in [1.29, 1.82) is 0 Å². The van der Waals surface area contributed by atoms with Gasteiger partial charge in [0.05, 0.1) is 10.6 Å². The first-order valence-corrected chi connectivity index (χ1v) is 17.7. The van der Waals surface area contributed by atoms with E-state index >= 15 is 4.39 Å². The third kappa shape index (κ3) is 8.65. The molecule has 2 amide bonds. The van der Waals surface area contributed by atoms with E-state index in [9.17, 15) is 18.0 Å². The van der Waals surface area contributed by atoms with Crippen LogP contribution in [0.25, 0.3) is 0 Å². The summed E-state index contributed by atoms with van der Waals surface area (Å²) in [6.07, 6.45) is 5.77. The van der Waals surface area contributed by atoms with Gasteiger partial charge in [-0.05, 0) is 60.7 Å². The second-order valence-electron chi connectivity index (χ2n) is 12.0. The molecular weight excluding hydrogens is 614 g/mol. The molecule has 0 spiro atoms. The second-order valence-corrected chi connectivity index (χ2v) is 13.9. The van der Waals surface area contributed by atoms with Gasteiger partial charge in [0, 0.05) is 24.6 Å². The van der Waals surface area contributed by atoms with Crippen LogP contribution in [-0.2, 0) is 39.0 Å². The molecule has 1 fully saturated rings. The van der Waals surface area contributed by atoms with Crippen LogP contribution in [0.5, 0.6) is 0 Å². The van der Waals surface area contributed by atoms with E-state index in [1.807, 2.05) is 49.4 Å². The van der Waals surface area contributed by atoms with Crippen molar-refractivity contribution in [3.8, 4) is 0 Å². The second kappa shape index (κ2) is 15.9. The first-order valence-electron chi connectivity index (χ1n) is 16.3. The van der Waals surface area contributed by atoms with Crippen LogP contribution < -0.4 is 9.62 Å². The van der Waals surface area contributed by atoms with Crippen molar-refractivity contribution in [2.45, 2.75) is 75.4 Å². The van der Waals surface area contributed by atoms with Gasteiger partial charge < -0.3 is 10.2 Å². The van der Waals surface area contributed by atoms with Gasteiger partial charge in [-0.15, -0.1) is 0 Å². The van der Waals surface area contributed by atoms with Gasteiger partial charge in [0.1, 0.15) is 18.4 Å². The molecule has 0 saturated heterocycles. The lowest BCUT2D eigenvalue weighted by atomic mass is 9.94. The van der Waals surface area contributed by atoms with Gasteiger partial charge in [0.2, 0.25) is 11.8 Å². The first kappa shape index (κ1) is 33.9. The summed E-state index contributed by atoms with van der Waals surface area (Å²) in [5.74, 6) is -1.47. The molecule has 1 aliphatic rings. The van der Waals surface area contributed by atoms with Crippen LogP contribution in [0.4, 0.5) is 10.1 Å². The van der Waals surface area contributed by atoms with Crippen LogP contribution in [0.15, 0.2) is 114 Å². The maximum atomic E-state index is 15.1. The Bertz CT molecular complexity index is 1730. The van der Waals surface area contributed by atoms with Gasteiger partial charge in [-0.1, -0.05) is 105 Å². The maximum Gasteiger partial charge on any atom is 0.264 e. The molecule has 47 heavy (non-hydrogen) atoms. The zero-order chi connectivity index (χ0) is 33.2. The van der Waals surface area contributed by atoms with E-state index in [1.165, 1.54) is 23.1 Å². The number of hydrogen-bond donors (Lipinski definition) is 1. The summed E-state index contributed by atoms with van der Waals surface area (Å²) >= 11 is 0. The summed E-state index contributed by atoms with van der Waals surface area (Å²) in [5.41, 5.74) is 2.39. The fraction of sp³-hybridized carbons (Fsp3) is 0.316. The predicted octanol–water partition coefficient (Wildman–Crippen LogP) is 6.67. The van der Waals surface area contributed by atoms with E-state index in [0.717, 1.165) is 54.0 Å². The number of amides is 2. The summed E-state index contributed by atoms with van der Waals surface area (Å²) in [6, 6.07) is 29.5. The number of rotatable bonds is 13. The van der Waals surface area contributed by atoms with Gasteiger partial charge in [0.15, 0.2) is 0 Å². The highest BCUT2D eigenvalue weighted by molar-refractivity contribution is 7.92. The van der Waals surface area contributed by atoms with Crippen LogP contribution in [0.1, 0.15) is 55.7 Å². The Hall–Kier alpha value is -4.50. The molecule has 0 bridgehead atoms. The number of nitrogens with zero attached hydrogens (tertiary/aromatic N) is 2. The highest BCUT2D eigenvalue weighted by atomic mass is 32.2. The largest absolute Gasteiger partial charge is 0.352 e. The number of carbonyl (C=O) groups excluding carboxylic acids is 2. The van der Waals surface area contributed by atoms with Crippen molar-refractivity contribution >= 4 is 27.5 Å². The quantitative estimate of drug-likeness (QED) is 0.174. The lowest BCUT2D eigenvalue weighted by Gasteiger charge is -2.35. The molecule has 1 N–H and O–H groups in total. The number of aryl methyl sites for hydroxylation is 1. The average Bonchev–Trinajstić information content (AvgIpc) is 3.10. The van der Waals surface area contributed by atoms with Crippen LogP contribution >= 0.6 is 0 Å². The lowest BCUT2D eigenvalue weighted by Crippen LogP contribution is -2.55. The molecule has 9 heteroatoms. The molecule has 0 unspecified atom stereocenters. The minimum atomic E-state index is -4.20. The highest BCUT2D eigenvalue weighted by Crippen LogP contribution is 2.26. The predicted molar refractivity (Wildman–Crippen MR) is 183 cm³/mol. The number of anilines is 1. The molecule has 1 atom stereocenters. The molecule has 4 aromatic rings. The molecule has 0 heterocycles. The molecule has 5 rings (SSSR count). The van der Waals surface area contributed by atoms with Crippen LogP contribution in [0.3, 0.4) is 0 Å². The van der Waals surface area contributed by atoms with Crippen molar-refractivity contribution in [2.24, 2.45) is 0 Å². The fourth-order valence-electron chi connectivity index (χ4n) is 6.05. The topological polar surface area (TPSA) is 86.8 Å². The highest BCUT2D eigenvalue weighted by Gasteiger charge is 2.35. The molecular formula is C38H42FN3O4S. The van der Waals surface area contributed by atoms with Crippen molar-refractivity contribution in [2.75, 3.05) is 10.8 Å². The van der Waals surface area contributed by atoms with E-state index in [-0.39, 0.29) is 35.4 Å². The third-order valence-corrected chi connectivity index (χ3v) is 10.6. The van der Waals surface area contributed by atoms with E-state index in [2.05, 4.69) is 5.32 Å². The molecule has 1 aliphatic carbocycles. The Morgan fingerprint density at radius 3 is 2.06 bits per heavy atom. The van der Waals surface area contributed by atoms with E-state index in [0.29, 0.717) is 5.69 Å². The molecule has 7 nitrogen and oxygen atoms in total. The van der Waals surface area contributed by atoms with Gasteiger partial charge in [-0.2, -0.15) is 0 Å². The SMILES string of the molecule is CCc1ccc(N(CC(=O)N(Cc2ccccc2F)[C@@H](Cc2ccccc2)C(=O)NC2CCCCC2)S(=O)(=O)c2ccccc2)cc1. The first-order chi connectivity index (χ1) is 22.8. The normalized spacial score (nSPS) is 14.3. The van der Waals surface area contributed by atoms with E-state index in [1.54, 1.807) is 48.5 Å². The van der Waals surface area contributed by atoms with E-state index in [4.69, 9.17) is 0 Å². The standard InChI is InChI=1S/C38H42FN3O4S/c1-2-29-22-24-33(25-23-29)42(47(45,46)34-19-10-5-11-20-34)28-37(43)41(27-31-16-12-13-21-35(31)39)36(26-30-14-6-3-7-15-30)38(44)40-32-17-8-4-9-18-32/h3,5-7,10-16,19-25,32,36H,2,4,8-9,17-18,26-28H2,1H3,(H,40,44)/t36-/m0/s1. The monoisotopic (exact) mass is 655 g/mol. The number of benzene rings is 4. The Kier molecular flexibility index (Phi) is 11.4. The molecule has 4 aromatic carbocycles. The van der Waals surface area contributed by atoms with E-state index < -0.39 is 34.3 Å². The molecule has 0 aromatic heterocycles. The number of sulfonamides is 1. The van der Waals surface area contributed by atoms with Crippen LogP contribution in [0.2, 0.25) is 0 Å². The Labute approximate surface area is 277 Å². The summed E-state index contributed by atoms with van der Waals surface area (Å²) < 4.78 is 44.5. The summed E-state index contributed by atoms with van der Waals surface area (Å²) in [6.45, 7) is 1.21. The Morgan fingerprint density at radius 1 is 0.809 bits per heavy atom. The van der Waals surface area contributed by atoms with Crippen LogP contribution in [0, 0.1) is 5.82 Å². The maximum absolute atomic E-state index is 15.1. The zero-order valence-corrected chi connectivity index (χ0v) is 27.5. The van der Waals surface area contributed by atoms with Gasteiger partial charge in [-0.25, -0.2) is 12.8 Å². The third-order valence-electron chi connectivity index (χ3n) is 8.76.